The van der Waals surface area contributed by atoms with Crippen molar-refractivity contribution >= 4 is 29.1 Å². The Kier molecular flexibility index (Phi) is 7.40. The van der Waals surface area contributed by atoms with E-state index in [2.05, 4.69) is 32.9 Å². The highest BCUT2D eigenvalue weighted by Gasteiger charge is 2.22. The van der Waals surface area contributed by atoms with Crippen LogP contribution in [0.5, 0.6) is 0 Å². The van der Waals surface area contributed by atoms with Crippen molar-refractivity contribution in [2.24, 2.45) is 4.99 Å². The summed E-state index contributed by atoms with van der Waals surface area (Å²) >= 11 is 1.73. The predicted molar refractivity (Wildman–Crippen MR) is 119 cm³/mol. The molecule has 0 radical (unpaired) electrons. The van der Waals surface area contributed by atoms with E-state index in [-0.39, 0.29) is 18.4 Å². The summed E-state index contributed by atoms with van der Waals surface area (Å²) in [4.78, 5) is 35.6. The van der Waals surface area contributed by atoms with Gasteiger partial charge >= 0.3 is 0 Å². The van der Waals surface area contributed by atoms with Crippen molar-refractivity contribution in [3.63, 3.8) is 0 Å². The van der Waals surface area contributed by atoms with E-state index in [4.69, 9.17) is 0 Å². The Labute approximate surface area is 180 Å². The highest BCUT2D eigenvalue weighted by molar-refractivity contribution is 7.11. The minimum Gasteiger partial charge on any atom is -0.356 e. The van der Waals surface area contributed by atoms with Crippen LogP contribution in [0.15, 0.2) is 29.3 Å². The molecule has 8 nitrogen and oxygen atoms in total. The topological polar surface area (TPSA) is 98.7 Å². The van der Waals surface area contributed by atoms with Crippen molar-refractivity contribution in [2.45, 2.75) is 26.8 Å². The molecule has 30 heavy (non-hydrogen) atoms. The SMILES string of the molecule is CN=C(NCCc1nc(C)c(C)s1)NCc1ccc(C(=O)N2CCNC(=O)C2)cc1. The van der Waals surface area contributed by atoms with Crippen molar-refractivity contribution in [2.75, 3.05) is 33.2 Å². The summed E-state index contributed by atoms with van der Waals surface area (Å²) in [5.74, 6) is 0.489. The van der Waals surface area contributed by atoms with E-state index in [1.807, 2.05) is 19.1 Å². The van der Waals surface area contributed by atoms with Crippen LogP contribution in [-0.4, -0.2) is 60.9 Å². The molecule has 0 aliphatic carbocycles. The van der Waals surface area contributed by atoms with E-state index in [1.54, 1.807) is 35.4 Å². The molecule has 1 aromatic heterocycles. The molecule has 0 saturated carbocycles. The zero-order valence-electron chi connectivity index (χ0n) is 17.6. The first-order valence-corrected chi connectivity index (χ1v) is 10.8. The van der Waals surface area contributed by atoms with Crippen LogP contribution in [0.4, 0.5) is 0 Å². The summed E-state index contributed by atoms with van der Waals surface area (Å²) in [6.45, 7) is 6.62. The van der Waals surface area contributed by atoms with Crippen LogP contribution in [0, 0.1) is 13.8 Å². The summed E-state index contributed by atoms with van der Waals surface area (Å²) in [6, 6.07) is 7.43. The third kappa shape index (κ3) is 5.79. The number of aromatic nitrogens is 1. The van der Waals surface area contributed by atoms with Crippen molar-refractivity contribution < 1.29 is 9.59 Å². The Bertz CT molecular complexity index is 903. The van der Waals surface area contributed by atoms with Gasteiger partial charge in [-0.05, 0) is 31.5 Å². The Balaban J connectivity index is 1.46. The molecule has 1 fully saturated rings. The average Bonchev–Trinajstić information content (AvgIpc) is 3.07. The van der Waals surface area contributed by atoms with E-state index in [9.17, 15) is 9.59 Å². The maximum atomic E-state index is 12.5. The van der Waals surface area contributed by atoms with Crippen LogP contribution in [0.25, 0.3) is 0 Å². The van der Waals surface area contributed by atoms with Gasteiger partial charge in [-0.1, -0.05) is 12.1 Å². The van der Waals surface area contributed by atoms with Crippen LogP contribution in [0.1, 0.15) is 31.5 Å². The maximum Gasteiger partial charge on any atom is 0.254 e. The van der Waals surface area contributed by atoms with Gasteiger partial charge in [-0.3, -0.25) is 14.6 Å². The Morgan fingerprint density at radius 3 is 2.67 bits per heavy atom. The molecule has 2 aromatic rings. The fourth-order valence-corrected chi connectivity index (χ4v) is 4.03. The lowest BCUT2D eigenvalue weighted by atomic mass is 10.1. The van der Waals surface area contributed by atoms with Crippen LogP contribution in [0.3, 0.4) is 0 Å². The molecule has 1 aliphatic rings. The van der Waals surface area contributed by atoms with E-state index in [0.717, 1.165) is 35.2 Å². The van der Waals surface area contributed by atoms with Gasteiger partial charge in [0.1, 0.15) is 0 Å². The summed E-state index contributed by atoms with van der Waals surface area (Å²) in [6.07, 6.45) is 0.853. The average molecular weight is 429 g/mol. The number of guanidine groups is 1. The number of nitrogens with zero attached hydrogens (tertiary/aromatic N) is 3. The molecule has 1 aliphatic heterocycles. The number of benzene rings is 1. The maximum absolute atomic E-state index is 12.5. The van der Waals surface area contributed by atoms with Crippen molar-refractivity contribution in [1.82, 2.24) is 25.8 Å². The number of aliphatic imine (C=N–C) groups is 1. The first kappa shape index (κ1) is 21.8. The number of carbonyl (C=O) groups excluding carboxylic acids is 2. The van der Waals surface area contributed by atoms with Crippen LogP contribution < -0.4 is 16.0 Å². The number of nitrogens with one attached hydrogen (secondary N) is 3. The largest absolute Gasteiger partial charge is 0.356 e. The molecule has 9 heteroatoms. The number of thiazole rings is 1. The minimum absolute atomic E-state index is 0.115. The fraction of sp³-hybridized carbons (Fsp3) is 0.429. The number of hydrogen-bond acceptors (Lipinski definition) is 5. The number of amides is 2. The first-order chi connectivity index (χ1) is 14.5. The van der Waals surface area contributed by atoms with Gasteiger partial charge in [0, 0.05) is 50.1 Å². The zero-order valence-corrected chi connectivity index (χ0v) is 18.4. The Morgan fingerprint density at radius 1 is 1.27 bits per heavy atom. The molecule has 0 spiro atoms. The van der Waals surface area contributed by atoms with Crippen LogP contribution in [-0.2, 0) is 17.8 Å². The number of rotatable bonds is 6. The highest BCUT2D eigenvalue weighted by Crippen LogP contribution is 2.16. The summed E-state index contributed by atoms with van der Waals surface area (Å²) in [7, 11) is 1.74. The lowest BCUT2D eigenvalue weighted by Gasteiger charge is -2.26. The van der Waals surface area contributed by atoms with Gasteiger partial charge in [-0.25, -0.2) is 4.98 Å². The number of carbonyl (C=O) groups is 2. The summed E-state index contributed by atoms with van der Waals surface area (Å²) in [5.41, 5.74) is 2.73. The third-order valence-corrected chi connectivity index (χ3v) is 6.05. The molecule has 2 amide bonds. The van der Waals surface area contributed by atoms with Crippen LogP contribution in [0.2, 0.25) is 0 Å². The summed E-state index contributed by atoms with van der Waals surface area (Å²) < 4.78 is 0. The first-order valence-electron chi connectivity index (χ1n) is 9.98. The molecule has 1 aromatic carbocycles. The zero-order chi connectivity index (χ0) is 21.5. The molecule has 0 atom stereocenters. The number of hydrogen-bond donors (Lipinski definition) is 3. The molecular weight excluding hydrogens is 400 g/mol. The van der Waals surface area contributed by atoms with Gasteiger partial charge in [-0.2, -0.15) is 0 Å². The van der Waals surface area contributed by atoms with E-state index in [1.165, 1.54) is 4.88 Å². The Morgan fingerprint density at radius 2 is 2.03 bits per heavy atom. The van der Waals surface area contributed by atoms with Gasteiger partial charge in [-0.15, -0.1) is 11.3 Å². The quantitative estimate of drug-likeness (QED) is 0.475. The molecule has 3 rings (SSSR count). The molecule has 2 heterocycles. The molecule has 3 N–H and O–H groups in total. The number of piperazine rings is 1. The second-order valence-corrected chi connectivity index (χ2v) is 8.41. The van der Waals surface area contributed by atoms with E-state index in [0.29, 0.717) is 25.2 Å². The van der Waals surface area contributed by atoms with Crippen LogP contribution >= 0.6 is 11.3 Å². The van der Waals surface area contributed by atoms with Gasteiger partial charge < -0.3 is 20.9 Å². The third-order valence-electron chi connectivity index (χ3n) is 4.91. The van der Waals surface area contributed by atoms with Crippen molar-refractivity contribution in [1.29, 1.82) is 0 Å². The van der Waals surface area contributed by atoms with Gasteiger partial charge in [0.2, 0.25) is 5.91 Å². The second-order valence-electron chi connectivity index (χ2n) is 7.13. The molecule has 0 bridgehead atoms. The molecule has 1 saturated heterocycles. The van der Waals surface area contributed by atoms with Crippen molar-refractivity contribution in [3.05, 3.63) is 51.0 Å². The smallest absolute Gasteiger partial charge is 0.254 e. The lowest BCUT2D eigenvalue weighted by Crippen LogP contribution is -2.49. The normalized spacial score (nSPS) is 14.4. The van der Waals surface area contributed by atoms with E-state index < -0.39 is 0 Å². The lowest BCUT2D eigenvalue weighted by molar-refractivity contribution is -0.123. The molecule has 160 valence electrons. The van der Waals surface area contributed by atoms with Crippen molar-refractivity contribution in [3.8, 4) is 0 Å². The highest BCUT2D eigenvalue weighted by atomic mass is 32.1. The Hall–Kier alpha value is -2.94. The minimum atomic E-state index is -0.116. The van der Waals surface area contributed by atoms with Gasteiger partial charge in [0.05, 0.1) is 17.2 Å². The standard InChI is InChI=1S/C21H28N6O2S/c1-14-15(2)30-19(26-14)8-9-24-21(22-3)25-12-16-4-6-17(7-5-16)20(29)27-11-10-23-18(28)13-27/h4-7H,8-13H2,1-3H3,(H,23,28)(H2,22,24,25). The van der Waals surface area contributed by atoms with Gasteiger partial charge in [0.15, 0.2) is 5.96 Å². The predicted octanol–water partition coefficient (Wildman–Crippen LogP) is 1.24. The molecule has 0 unspecified atom stereocenters. The second kappa shape index (κ2) is 10.2. The fourth-order valence-electron chi connectivity index (χ4n) is 3.10. The molecular formula is C21H28N6O2S. The monoisotopic (exact) mass is 428 g/mol. The number of aryl methyl sites for hydroxylation is 2. The van der Waals surface area contributed by atoms with E-state index >= 15 is 0 Å². The summed E-state index contributed by atoms with van der Waals surface area (Å²) in [5, 5.41) is 10.4. The van der Waals surface area contributed by atoms with Gasteiger partial charge in [0.25, 0.3) is 5.91 Å².